The first-order chi connectivity index (χ1) is 10.4. The quantitative estimate of drug-likeness (QED) is 0.774. The van der Waals surface area contributed by atoms with E-state index in [0.717, 1.165) is 6.32 Å². The van der Waals surface area contributed by atoms with Crippen molar-refractivity contribution >= 4 is 7.12 Å². The van der Waals surface area contributed by atoms with Gasteiger partial charge in [0.1, 0.15) is 0 Å². The summed E-state index contributed by atoms with van der Waals surface area (Å²) < 4.78 is 12.2. The molecular weight excluding hydrogens is 271 g/mol. The SMILES string of the molecule is CC1(C)OB(Cc2cccc(-c3ccccc3)c2)OC1(C)C. The Morgan fingerprint density at radius 1 is 0.773 bits per heavy atom. The summed E-state index contributed by atoms with van der Waals surface area (Å²) in [5.74, 6) is 0. The van der Waals surface area contributed by atoms with Gasteiger partial charge in [-0.2, -0.15) is 0 Å². The van der Waals surface area contributed by atoms with Crippen LogP contribution in [0.25, 0.3) is 11.1 Å². The lowest BCUT2D eigenvalue weighted by atomic mass is 9.80. The van der Waals surface area contributed by atoms with Gasteiger partial charge in [0.15, 0.2) is 0 Å². The minimum absolute atomic E-state index is 0.184. The zero-order valence-electron chi connectivity index (χ0n) is 13.8. The van der Waals surface area contributed by atoms with Crippen LogP contribution in [0, 0.1) is 0 Å². The van der Waals surface area contributed by atoms with E-state index in [0.29, 0.717) is 0 Å². The molecule has 1 saturated heterocycles. The van der Waals surface area contributed by atoms with Gasteiger partial charge in [-0.05, 0) is 44.4 Å². The van der Waals surface area contributed by atoms with E-state index in [2.05, 4.69) is 76.2 Å². The Bertz CT molecular complexity index is 633. The summed E-state index contributed by atoms with van der Waals surface area (Å²) in [4.78, 5) is 0. The summed E-state index contributed by atoms with van der Waals surface area (Å²) in [5, 5.41) is 0. The minimum atomic E-state index is -0.269. The van der Waals surface area contributed by atoms with Crippen LogP contribution in [0.2, 0.25) is 0 Å². The molecule has 22 heavy (non-hydrogen) atoms. The highest BCUT2D eigenvalue weighted by atomic mass is 16.7. The zero-order valence-corrected chi connectivity index (χ0v) is 13.8. The molecule has 0 unspecified atom stereocenters. The van der Waals surface area contributed by atoms with E-state index < -0.39 is 0 Å². The largest absolute Gasteiger partial charge is 0.462 e. The van der Waals surface area contributed by atoms with Crippen LogP contribution >= 0.6 is 0 Å². The van der Waals surface area contributed by atoms with E-state index >= 15 is 0 Å². The molecule has 114 valence electrons. The second-order valence-corrected chi connectivity index (χ2v) is 6.96. The maximum absolute atomic E-state index is 6.09. The van der Waals surface area contributed by atoms with Crippen LogP contribution in [0.3, 0.4) is 0 Å². The fourth-order valence-corrected chi connectivity index (χ4v) is 2.75. The lowest BCUT2D eigenvalue weighted by Crippen LogP contribution is -2.41. The highest BCUT2D eigenvalue weighted by Crippen LogP contribution is 2.37. The Hall–Kier alpha value is -1.58. The maximum Gasteiger partial charge on any atom is 0.462 e. The molecule has 0 N–H and O–H groups in total. The van der Waals surface area contributed by atoms with Gasteiger partial charge in [0.05, 0.1) is 11.2 Å². The average Bonchev–Trinajstić information content (AvgIpc) is 2.67. The van der Waals surface area contributed by atoms with E-state index in [4.69, 9.17) is 9.31 Å². The second kappa shape index (κ2) is 5.56. The van der Waals surface area contributed by atoms with Gasteiger partial charge in [-0.3, -0.25) is 0 Å². The first kappa shape index (κ1) is 15.3. The normalized spacial score (nSPS) is 19.4. The van der Waals surface area contributed by atoms with Crippen molar-refractivity contribution in [2.45, 2.75) is 45.2 Å². The number of rotatable bonds is 3. The van der Waals surface area contributed by atoms with Crippen LogP contribution in [-0.4, -0.2) is 18.3 Å². The smallest absolute Gasteiger partial charge is 0.403 e. The first-order valence-corrected chi connectivity index (χ1v) is 7.87. The highest BCUT2D eigenvalue weighted by molar-refractivity contribution is 6.45. The molecule has 3 rings (SSSR count). The molecule has 0 amide bonds. The summed E-state index contributed by atoms with van der Waals surface area (Å²) in [6, 6.07) is 19.0. The predicted molar refractivity (Wildman–Crippen MR) is 91.7 cm³/mol. The number of hydrogen-bond acceptors (Lipinski definition) is 2. The van der Waals surface area contributed by atoms with Crippen molar-refractivity contribution in [3.63, 3.8) is 0 Å². The van der Waals surface area contributed by atoms with Crippen molar-refractivity contribution in [2.75, 3.05) is 0 Å². The average molecular weight is 294 g/mol. The molecule has 0 aliphatic carbocycles. The van der Waals surface area contributed by atoms with Gasteiger partial charge in [0, 0.05) is 6.32 Å². The molecule has 2 aromatic carbocycles. The van der Waals surface area contributed by atoms with Crippen molar-refractivity contribution in [3.8, 4) is 11.1 Å². The van der Waals surface area contributed by atoms with Crippen molar-refractivity contribution in [3.05, 3.63) is 60.2 Å². The molecule has 2 aromatic rings. The van der Waals surface area contributed by atoms with Crippen LogP contribution in [0.5, 0.6) is 0 Å². The Labute approximate surface area is 133 Å². The number of benzene rings is 2. The van der Waals surface area contributed by atoms with Crippen LogP contribution in [-0.2, 0) is 15.6 Å². The number of hydrogen-bond donors (Lipinski definition) is 0. The lowest BCUT2D eigenvalue weighted by Gasteiger charge is -2.32. The third-order valence-corrected chi connectivity index (χ3v) is 4.74. The monoisotopic (exact) mass is 294 g/mol. The second-order valence-electron chi connectivity index (χ2n) is 6.96. The summed E-state index contributed by atoms with van der Waals surface area (Å²) in [7, 11) is -0.184. The minimum Gasteiger partial charge on any atom is -0.403 e. The van der Waals surface area contributed by atoms with Crippen molar-refractivity contribution < 1.29 is 9.31 Å². The summed E-state index contributed by atoms with van der Waals surface area (Å²) in [6.45, 7) is 8.36. The Morgan fingerprint density at radius 2 is 1.36 bits per heavy atom. The molecule has 3 heteroatoms. The van der Waals surface area contributed by atoms with Gasteiger partial charge in [-0.25, -0.2) is 0 Å². The standard InChI is InChI=1S/C19H23BO2/c1-18(2)19(3,4)22-20(21-18)14-15-9-8-12-17(13-15)16-10-6-5-7-11-16/h5-13H,14H2,1-4H3. The molecule has 2 nitrogen and oxygen atoms in total. The molecule has 1 aliphatic heterocycles. The summed E-state index contributed by atoms with van der Waals surface area (Å²) >= 11 is 0. The van der Waals surface area contributed by atoms with Crippen LogP contribution in [0.1, 0.15) is 33.3 Å². The predicted octanol–water partition coefficient (Wildman–Crippen LogP) is 4.53. The fourth-order valence-electron chi connectivity index (χ4n) is 2.75. The third kappa shape index (κ3) is 2.97. The van der Waals surface area contributed by atoms with E-state index in [1.165, 1.54) is 16.7 Å². The van der Waals surface area contributed by atoms with Crippen molar-refractivity contribution in [1.29, 1.82) is 0 Å². The van der Waals surface area contributed by atoms with E-state index in [-0.39, 0.29) is 18.3 Å². The molecule has 0 saturated carbocycles. The van der Waals surface area contributed by atoms with E-state index in [1.807, 2.05) is 6.07 Å². The molecule has 1 heterocycles. The Kier molecular flexibility index (Phi) is 3.88. The lowest BCUT2D eigenvalue weighted by molar-refractivity contribution is 0.00578. The van der Waals surface area contributed by atoms with Gasteiger partial charge in [0.25, 0.3) is 0 Å². The topological polar surface area (TPSA) is 18.5 Å². The molecule has 1 aliphatic rings. The molecule has 0 bridgehead atoms. The first-order valence-electron chi connectivity index (χ1n) is 7.87. The van der Waals surface area contributed by atoms with Gasteiger partial charge in [-0.1, -0.05) is 54.6 Å². The van der Waals surface area contributed by atoms with Gasteiger partial charge < -0.3 is 9.31 Å². The van der Waals surface area contributed by atoms with Crippen LogP contribution < -0.4 is 0 Å². The van der Waals surface area contributed by atoms with Gasteiger partial charge >= 0.3 is 7.12 Å². The highest BCUT2D eigenvalue weighted by Gasteiger charge is 2.50. The zero-order chi connectivity index (χ0) is 15.8. The Morgan fingerprint density at radius 3 is 2.00 bits per heavy atom. The van der Waals surface area contributed by atoms with Crippen molar-refractivity contribution in [1.82, 2.24) is 0 Å². The van der Waals surface area contributed by atoms with E-state index in [9.17, 15) is 0 Å². The van der Waals surface area contributed by atoms with Crippen molar-refractivity contribution in [2.24, 2.45) is 0 Å². The molecule has 0 radical (unpaired) electrons. The van der Waals surface area contributed by atoms with Gasteiger partial charge in [0.2, 0.25) is 0 Å². The molecule has 0 spiro atoms. The van der Waals surface area contributed by atoms with E-state index in [1.54, 1.807) is 0 Å². The summed E-state index contributed by atoms with van der Waals surface area (Å²) in [6.07, 6.45) is 0.771. The van der Waals surface area contributed by atoms with Crippen LogP contribution in [0.4, 0.5) is 0 Å². The fraction of sp³-hybridized carbons (Fsp3) is 0.368. The molecule has 0 aromatic heterocycles. The third-order valence-electron chi connectivity index (χ3n) is 4.74. The molecular formula is C19H23BO2. The molecule has 1 fully saturated rings. The molecule has 0 atom stereocenters. The van der Waals surface area contributed by atoms with Gasteiger partial charge in [-0.15, -0.1) is 0 Å². The Balaban J connectivity index is 1.78. The maximum atomic E-state index is 6.09. The summed E-state index contributed by atoms with van der Waals surface area (Å²) in [5.41, 5.74) is 3.16. The van der Waals surface area contributed by atoms with Crippen LogP contribution in [0.15, 0.2) is 54.6 Å².